The number of amides is 3. The molecular formula is C31H29Cl2N5O6S. The molecule has 0 aliphatic carbocycles. The number of aliphatic hydroxyl groups is 1. The molecule has 2 aromatic heterocycles. The number of rotatable bonds is 13. The summed E-state index contributed by atoms with van der Waals surface area (Å²) >= 11 is 13.4. The van der Waals surface area contributed by atoms with Crippen LogP contribution in [0.1, 0.15) is 49.4 Å². The van der Waals surface area contributed by atoms with Gasteiger partial charge < -0.3 is 25.6 Å². The van der Waals surface area contributed by atoms with Crippen LogP contribution >= 0.6 is 34.5 Å². The van der Waals surface area contributed by atoms with Crippen molar-refractivity contribution in [2.24, 2.45) is 5.10 Å². The lowest BCUT2D eigenvalue weighted by Crippen LogP contribution is -2.27. The van der Waals surface area contributed by atoms with E-state index in [1.165, 1.54) is 29.5 Å². The third kappa shape index (κ3) is 9.10. The predicted molar refractivity (Wildman–Crippen MR) is 173 cm³/mol. The number of nitrogens with zero attached hydrogens (tertiary/aromatic N) is 2. The van der Waals surface area contributed by atoms with Gasteiger partial charge in [0.1, 0.15) is 17.1 Å². The number of pyridine rings is 1. The van der Waals surface area contributed by atoms with Crippen LogP contribution in [0.2, 0.25) is 10.0 Å². The van der Waals surface area contributed by atoms with Crippen LogP contribution in [0.5, 0.6) is 5.75 Å². The fraction of sp³-hybridized carbons (Fsp3) is 0.194. The van der Waals surface area contributed by atoms with Crippen molar-refractivity contribution in [3.8, 4) is 16.2 Å². The summed E-state index contributed by atoms with van der Waals surface area (Å²) in [5.74, 6) is -1.41. The predicted octanol–water partition coefficient (Wildman–Crippen LogP) is 4.65. The Morgan fingerprint density at radius 1 is 0.933 bits per heavy atom. The van der Waals surface area contributed by atoms with E-state index in [0.717, 1.165) is 5.56 Å². The molecule has 234 valence electrons. The van der Waals surface area contributed by atoms with Gasteiger partial charge in [0.25, 0.3) is 17.7 Å². The van der Waals surface area contributed by atoms with Crippen LogP contribution in [0, 0.1) is 0 Å². The third-order valence-electron chi connectivity index (χ3n) is 6.31. The van der Waals surface area contributed by atoms with Crippen molar-refractivity contribution >= 4 is 58.0 Å². The zero-order valence-electron chi connectivity index (χ0n) is 24.0. The number of aromatic nitrogens is 1. The van der Waals surface area contributed by atoms with Gasteiger partial charge in [0, 0.05) is 24.0 Å². The van der Waals surface area contributed by atoms with E-state index in [1.807, 2.05) is 0 Å². The van der Waals surface area contributed by atoms with Crippen molar-refractivity contribution in [1.29, 1.82) is 0 Å². The van der Waals surface area contributed by atoms with E-state index >= 15 is 0 Å². The summed E-state index contributed by atoms with van der Waals surface area (Å²) in [5.41, 5.74) is 5.09. The number of carbonyl (C=O) groups excluding carboxylic acids is 3. The lowest BCUT2D eigenvalue weighted by molar-refractivity contribution is 0.0837. The Bertz CT molecular complexity index is 1710. The molecule has 0 unspecified atom stereocenters. The van der Waals surface area contributed by atoms with Gasteiger partial charge in [-0.3, -0.25) is 14.4 Å². The Morgan fingerprint density at radius 3 is 2.38 bits per heavy atom. The Labute approximate surface area is 272 Å². The zero-order chi connectivity index (χ0) is 32.3. The van der Waals surface area contributed by atoms with Crippen LogP contribution in [0.15, 0.2) is 71.1 Å². The molecule has 0 bridgehead atoms. The fourth-order valence-corrected chi connectivity index (χ4v) is 5.24. The highest BCUT2D eigenvalue weighted by Gasteiger charge is 2.17. The zero-order valence-corrected chi connectivity index (χ0v) is 26.3. The van der Waals surface area contributed by atoms with Gasteiger partial charge in [0.15, 0.2) is 0 Å². The van der Waals surface area contributed by atoms with Crippen LogP contribution < -0.4 is 16.1 Å². The molecule has 0 spiro atoms. The first kappa shape index (κ1) is 33.6. The van der Waals surface area contributed by atoms with Crippen LogP contribution in [0.25, 0.3) is 10.4 Å². The van der Waals surface area contributed by atoms with Gasteiger partial charge in [-0.2, -0.15) is 5.10 Å². The molecule has 14 heteroatoms. The van der Waals surface area contributed by atoms with E-state index in [1.54, 1.807) is 54.8 Å². The molecule has 0 aliphatic rings. The minimum absolute atomic E-state index is 0.0102. The molecule has 0 aliphatic heterocycles. The summed E-state index contributed by atoms with van der Waals surface area (Å²) < 4.78 is 5.11. The van der Waals surface area contributed by atoms with Crippen molar-refractivity contribution in [2.75, 3.05) is 26.4 Å². The molecule has 5 N–H and O–H groups in total. The monoisotopic (exact) mass is 669 g/mol. The topological polar surface area (TPSA) is 162 Å². The molecule has 0 radical (unpaired) electrons. The first-order valence-electron chi connectivity index (χ1n) is 13.6. The minimum atomic E-state index is -0.641. The van der Waals surface area contributed by atoms with Crippen LogP contribution in [-0.2, 0) is 11.3 Å². The number of carbonyl (C=O) groups is 3. The maximum absolute atomic E-state index is 12.8. The maximum Gasteiger partial charge on any atom is 0.289 e. The van der Waals surface area contributed by atoms with Crippen molar-refractivity contribution in [1.82, 2.24) is 21.0 Å². The molecule has 4 rings (SSSR count). The second-order valence-corrected chi connectivity index (χ2v) is 11.2. The maximum atomic E-state index is 12.8. The lowest BCUT2D eigenvalue weighted by atomic mass is 10.1. The average Bonchev–Trinajstić information content (AvgIpc) is 3.44. The highest BCUT2D eigenvalue weighted by atomic mass is 35.5. The molecule has 11 nitrogen and oxygen atoms in total. The average molecular weight is 671 g/mol. The summed E-state index contributed by atoms with van der Waals surface area (Å²) in [6, 6.07) is 16.2. The number of thiophene rings is 1. The molecule has 0 saturated carbocycles. The van der Waals surface area contributed by atoms with Gasteiger partial charge in [-0.05, 0) is 54.4 Å². The second kappa shape index (κ2) is 16.1. The number of nitrogens with one attached hydrogen (secondary N) is 3. The summed E-state index contributed by atoms with van der Waals surface area (Å²) in [4.78, 5) is 42.5. The molecule has 0 atom stereocenters. The third-order valence-corrected chi connectivity index (χ3v) is 8.07. The van der Waals surface area contributed by atoms with Gasteiger partial charge in [-0.1, -0.05) is 47.5 Å². The summed E-state index contributed by atoms with van der Waals surface area (Å²) in [6.45, 7) is 2.55. The number of hydrogen-bond donors (Lipinski definition) is 5. The second-order valence-electron chi connectivity index (χ2n) is 9.47. The number of benzene rings is 2. The molecule has 4 aromatic rings. The molecule has 0 fully saturated rings. The van der Waals surface area contributed by atoms with Crippen LogP contribution in [0.3, 0.4) is 0 Å². The highest BCUT2D eigenvalue weighted by Crippen LogP contribution is 2.40. The SMILES string of the molecule is C/C(=N\NC(=O)c1cccc(C(=O)NCc2ccc(C(=O)NCCOCCO)cc2)n1)c1csc(-c2ccc(Cl)c(Cl)c2)c1O. The van der Waals surface area contributed by atoms with Crippen LogP contribution in [0.4, 0.5) is 0 Å². The van der Waals surface area contributed by atoms with Crippen molar-refractivity contribution in [3.63, 3.8) is 0 Å². The van der Waals surface area contributed by atoms with Gasteiger partial charge in [0.2, 0.25) is 0 Å². The quantitative estimate of drug-likeness (QED) is 0.0786. The van der Waals surface area contributed by atoms with Crippen LogP contribution in [-0.4, -0.2) is 65.0 Å². The molecule has 45 heavy (non-hydrogen) atoms. The highest BCUT2D eigenvalue weighted by molar-refractivity contribution is 7.14. The van der Waals surface area contributed by atoms with E-state index in [4.69, 9.17) is 33.0 Å². The Kier molecular flexibility index (Phi) is 12.0. The summed E-state index contributed by atoms with van der Waals surface area (Å²) in [5, 5.41) is 31.5. The summed E-state index contributed by atoms with van der Waals surface area (Å²) in [6.07, 6.45) is 0. The first-order valence-corrected chi connectivity index (χ1v) is 15.2. The Morgan fingerprint density at radius 2 is 1.67 bits per heavy atom. The van der Waals surface area contributed by atoms with E-state index in [2.05, 4.69) is 26.1 Å². The first-order chi connectivity index (χ1) is 21.7. The molecule has 2 aromatic carbocycles. The summed E-state index contributed by atoms with van der Waals surface area (Å²) in [7, 11) is 0. The number of hydrogen-bond acceptors (Lipinski definition) is 9. The van der Waals surface area contributed by atoms with E-state index in [-0.39, 0.29) is 42.8 Å². The Balaban J connectivity index is 1.31. The normalized spacial score (nSPS) is 11.2. The number of ether oxygens (including phenoxy) is 1. The van der Waals surface area contributed by atoms with Gasteiger partial charge in [0.05, 0.1) is 46.0 Å². The van der Waals surface area contributed by atoms with E-state index in [0.29, 0.717) is 50.5 Å². The van der Waals surface area contributed by atoms with Gasteiger partial charge in [-0.15, -0.1) is 11.3 Å². The smallest absolute Gasteiger partial charge is 0.289 e. The van der Waals surface area contributed by atoms with Crippen molar-refractivity contribution < 1.29 is 29.3 Å². The number of aliphatic hydroxyl groups excluding tert-OH is 1. The number of halogens is 2. The number of hydrazone groups is 1. The fourth-order valence-electron chi connectivity index (χ4n) is 3.94. The molecule has 3 amide bonds. The van der Waals surface area contributed by atoms with Gasteiger partial charge in [-0.25, -0.2) is 10.4 Å². The molecular weight excluding hydrogens is 641 g/mol. The number of aromatic hydroxyl groups is 1. The van der Waals surface area contributed by atoms with Gasteiger partial charge >= 0.3 is 0 Å². The van der Waals surface area contributed by atoms with E-state index < -0.39 is 11.8 Å². The molecule has 0 saturated heterocycles. The molecule has 2 heterocycles. The lowest BCUT2D eigenvalue weighted by Gasteiger charge is -2.08. The largest absolute Gasteiger partial charge is 0.506 e. The van der Waals surface area contributed by atoms with Crippen molar-refractivity contribution in [2.45, 2.75) is 13.5 Å². The van der Waals surface area contributed by atoms with E-state index in [9.17, 15) is 19.5 Å². The minimum Gasteiger partial charge on any atom is -0.506 e. The standard InChI is InChI=1S/C31H29Cl2N5O6S/c1-18(22-17-45-28(27(22)40)21-9-10-23(32)24(33)15-21)37-38-31(43)26-4-2-3-25(36-26)30(42)35-16-19-5-7-20(8-6-19)29(41)34-11-13-44-14-12-39/h2-10,15,17,39-40H,11-14,16H2,1H3,(H,34,41)(H,35,42)(H,38,43)/b37-18+. The Hall–Kier alpha value is -4.33. The van der Waals surface area contributed by atoms with Crippen molar-refractivity contribution in [3.05, 3.63) is 104 Å².